The number of aromatic nitrogens is 1. The molecule has 0 bridgehead atoms. The number of hydrogen-bond acceptors (Lipinski definition) is 3. The van der Waals surface area contributed by atoms with Crippen LogP contribution in [0.15, 0.2) is 41.0 Å². The van der Waals surface area contributed by atoms with Gasteiger partial charge in [-0.05, 0) is 40.5 Å². The molecule has 1 aromatic carbocycles. The van der Waals surface area contributed by atoms with Gasteiger partial charge in [-0.1, -0.05) is 6.07 Å². The smallest absolute Gasteiger partial charge is 0.219 e. The fourth-order valence-electron chi connectivity index (χ4n) is 1.38. The molecule has 94 valence electrons. The van der Waals surface area contributed by atoms with E-state index in [1.807, 2.05) is 13.0 Å². The van der Waals surface area contributed by atoms with E-state index in [0.717, 1.165) is 5.56 Å². The summed E-state index contributed by atoms with van der Waals surface area (Å²) in [4.78, 5) is 4.11. The van der Waals surface area contributed by atoms with Crippen molar-refractivity contribution in [3.05, 3.63) is 52.4 Å². The minimum atomic E-state index is -0.375. The van der Waals surface area contributed by atoms with Crippen molar-refractivity contribution in [1.82, 2.24) is 4.98 Å². The Morgan fingerprint density at radius 2 is 2.11 bits per heavy atom. The van der Waals surface area contributed by atoms with Gasteiger partial charge in [0.25, 0.3) is 0 Å². The Morgan fingerprint density at radius 3 is 2.67 bits per heavy atom. The molecule has 0 unspecified atom stereocenters. The van der Waals surface area contributed by atoms with Crippen molar-refractivity contribution in [1.29, 1.82) is 0 Å². The van der Waals surface area contributed by atoms with Crippen LogP contribution >= 0.6 is 15.9 Å². The summed E-state index contributed by atoms with van der Waals surface area (Å²) in [5.41, 5.74) is 6.64. The van der Waals surface area contributed by atoms with Gasteiger partial charge in [0.1, 0.15) is 11.6 Å². The summed E-state index contributed by atoms with van der Waals surface area (Å²) < 4.78 is 19.1. The van der Waals surface area contributed by atoms with Gasteiger partial charge in [0.15, 0.2) is 0 Å². The number of hydrogen-bond donors (Lipinski definition) is 1. The molecular weight excluding hydrogens is 299 g/mol. The summed E-state index contributed by atoms with van der Waals surface area (Å²) in [5, 5.41) is 0. The number of pyridine rings is 1. The highest BCUT2D eigenvalue weighted by Crippen LogP contribution is 2.25. The third kappa shape index (κ3) is 3.05. The van der Waals surface area contributed by atoms with E-state index < -0.39 is 0 Å². The maximum Gasteiger partial charge on any atom is 0.219 e. The normalized spacial score (nSPS) is 12.2. The molecule has 2 rings (SSSR count). The Hall–Kier alpha value is -1.46. The highest BCUT2D eigenvalue weighted by molar-refractivity contribution is 9.10. The zero-order valence-electron chi connectivity index (χ0n) is 9.73. The van der Waals surface area contributed by atoms with Crippen molar-refractivity contribution in [2.24, 2.45) is 5.73 Å². The van der Waals surface area contributed by atoms with Crippen molar-refractivity contribution < 1.29 is 9.13 Å². The average Bonchev–Trinajstić information content (AvgIpc) is 2.34. The third-order valence-corrected chi connectivity index (χ3v) is 3.04. The molecular formula is C13H12BrFN2O. The molecule has 0 amide bonds. The Kier molecular flexibility index (Phi) is 3.93. The first kappa shape index (κ1) is 13.0. The van der Waals surface area contributed by atoms with Crippen LogP contribution in [0.4, 0.5) is 4.39 Å². The molecule has 18 heavy (non-hydrogen) atoms. The predicted molar refractivity (Wildman–Crippen MR) is 71.0 cm³/mol. The van der Waals surface area contributed by atoms with Crippen LogP contribution in [0.1, 0.15) is 18.5 Å². The van der Waals surface area contributed by atoms with Crippen LogP contribution in [-0.2, 0) is 0 Å². The van der Waals surface area contributed by atoms with Gasteiger partial charge in [-0.25, -0.2) is 9.37 Å². The summed E-state index contributed by atoms with van der Waals surface area (Å²) in [6.45, 7) is 1.88. The molecule has 0 aliphatic carbocycles. The topological polar surface area (TPSA) is 48.1 Å². The molecule has 0 aliphatic rings. The molecule has 1 atom stereocenters. The zero-order chi connectivity index (χ0) is 13.1. The van der Waals surface area contributed by atoms with Crippen molar-refractivity contribution in [2.45, 2.75) is 13.0 Å². The SMILES string of the molecule is C[C@H](N)c1ccc(Oc2ccc(Br)c(F)c2)nc1. The number of nitrogens with two attached hydrogens (primary N) is 1. The molecule has 0 aliphatic heterocycles. The van der Waals surface area contributed by atoms with E-state index in [1.165, 1.54) is 6.07 Å². The van der Waals surface area contributed by atoms with Gasteiger partial charge >= 0.3 is 0 Å². The van der Waals surface area contributed by atoms with E-state index in [2.05, 4.69) is 20.9 Å². The second-order valence-electron chi connectivity index (χ2n) is 3.90. The molecule has 2 N–H and O–H groups in total. The average molecular weight is 311 g/mol. The summed E-state index contributed by atoms with van der Waals surface area (Å²) >= 11 is 3.08. The lowest BCUT2D eigenvalue weighted by atomic mass is 10.2. The van der Waals surface area contributed by atoms with Crippen molar-refractivity contribution in [2.75, 3.05) is 0 Å². The molecule has 1 aromatic heterocycles. The van der Waals surface area contributed by atoms with E-state index in [9.17, 15) is 4.39 Å². The highest BCUT2D eigenvalue weighted by Gasteiger charge is 2.05. The number of benzene rings is 1. The Morgan fingerprint density at radius 1 is 1.33 bits per heavy atom. The van der Waals surface area contributed by atoms with Gasteiger partial charge in [0.05, 0.1) is 4.47 Å². The van der Waals surface area contributed by atoms with Crippen LogP contribution in [0.2, 0.25) is 0 Å². The van der Waals surface area contributed by atoms with E-state index >= 15 is 0 Å². The number of rotatable bonds is 3. The predicted octanol–water partition coefficient (Wildman–Crippen LogP) is 3.80. The Balaban J connectivity index is 2.15. The van der Waals surface area contributed by atoms with Crippen molar-refractivity contribution in [3.63, 3.8) is 0 Å². The van der Waals surface area contributed by atoms with Gasteiger partial charge in [-0.15, -0.1) is 0 Å². The van der Waals surface area contributed by atoms with Gasteiger partial charge < -0.3 is 10.5 Å². The summed E-state index contributed by atoms with van der Waals surface area (Å²) in [6, 6.07) is 8.01. The molecule has 3 nitrogen and oxygen atoms in total. The van der Waals surface area contributed by atoms with Gasteiger partial charge in [-0.3, -0.25) is 0 Å². The van der Waals surface area contributed by atoms with Crippen LogP contribution in [0.3, 0.4) is 0 Å². The quantitative estimate of drug-likeness (QED) is 0.938. The van der Waals surface area contributed by atoms with Crippen LogP contribution < -0.4 is 10.5 Å². The molecule has 0 saturated heterocycles. The minimum absolute atomic E-state index is 0.0725. The van der Waals surface area contributed by atoms with Crippen LogP contribution in [-0.4, -0.2) is 4.98 Å². The van der Waals surface area contributed by atoms with E-state index in [1.54, 1.807) is 24.4 Å². The minimum Gasteiger partial charge on any atom is -0.439 e. The second kappa shape index (κ2) is 5.46. The molecule has 0 saturated carbocycles. The fraction of sp³-hybridized carbons (Fsp3) is 0.154. The van der Waals surface area contributed by atoms with E-state index in [-0.39, 0.29) is 11.9 Å². The van der Waals surface area contributed by atoms with Gasteiger partial charge in [0.2, 0.25) is 5.88 Å². The molecule has 5 heteroatoms. The molecule has 1 heterocycles. The fourth-order valence-corrected chi connectivity index (χ4v) is 1.63. The first-order valence-corrected chi connectivity index (χ1v) is 6.20. The lowest BCUT2D eigenvalue weighted by Gasteiger charge is -2.08. The number of ether oxygens (including phenoxy) is 1. The lowest BCUT2D eigenvalue weighted by molar-refractivity contribution is 0.457. The van der Waals surface area contributed by atoms with Gasteiger partial charge in [0, 0.05) is 24.4 Å². The monoisotopic (exact) mass is 310 g/mol. The first-order valence-electron chi connectivity index (χ1n) is 5.40. The van der Waals surface area contributed by atoms with Crippen LogP contribution in [0.5, 0.6) is 11.6 Å². The lowest BCUT2D eigenvalue weighted by Crippen LogP contribution is -2.05. The zero-order valence-corrected chi connectivity index (χ0v) is 11.3. The largest absolute Gasteiger partial charge is 0.439 e. The maximum atomic E-state index is 13.3. The second-order valence-corrected chi connectivity index (χ2v) is 4.75. The molecule has 0 spiro atoms. The summed E-state index contributed by atoms with van der Waals surface area (Å²) in [6.07, 6.45) is 1.65. The molecule has 2 aromatic rings. The number of nitrogens with zero attached hydrogens (tertiary/aromatic N) is 1. The Bertz CT molecular complexity index is 543. The van der Waals surface area contributed by atoms with Crippen molar-refractivity contribution in [3.8, 4) is 11.6 Å². The summed E-state index contributed by atoms with van der Waals surface area (Å²) in [7, 11) is 0. The standard InChI is InChI=1S/C13H12BrFN2O/c1-8(16)9-2-5-13(17-7-9)18-10-3-4-11(14)12(15)6-10/h2-8H,16H2,1H3/t8-/m0/s1. The van der Waals surface area contributed by atoms with Crippen molar-refractivity contribution >= 4 is 15.9 Å². The molecule has 0 radical (unpaired) electrons. The van der Waals surface area contributed by atoms with E-state index in [4.69, 9.17) is 10.5 Å². The first-order chi connectivity index (χ1) is 8.56. The van der Waals surface area contributed by atoms with Crippen LogP contribution in [0, 0.1) is 5.82 Å². The Labute approximate surface area is 113 Å². The summed E-state index contributed by atoms with van der Waals surface area (Å²) in [5.74, 6) is 0.428. The third-order valence-electron chi connectivity index (χ3n) is 2.40. The van der Waals surface area contributed by atoms with Crippen LogP contribution in [0.25, 0.3) is 0 Å². The highest BCUT2D eigenvalue weighted by atomic mass is 79.9. The van der Waals surface area contributed by atoms with Gasteiger partial charge in [-0.2, -0.15) is 0 Å². The maximum absolute atomic E-state index is 13.3. The number of halogens is 2. The van der Waals surface area contributed by atoms with E-state index in [0.29, 0.717) is 16.1 Å². The molecule has 0 fully saturated rings.